The van der Waals surface area contributed by atoms with Crippen LogP contribution in [-0.2, 0) is 6.54 Å². The Balaban J connectivity index is 1.25. The molecule has 170 valence electrons. The zero-order valence-corrected chi connectivity index (χ0v) is 19.8. The van der Waals surface area contributed by atoms with Crippen LogP contribution in [0.3, 0.4) is 0 Å². The maximum atomic E-state index is 6.19. The summed E-state index contributed by atoms with van der Waals surface area (Å²) < 4.78 is 0. The third-order valence-electron chi connectivity index (χ3n) is 6.33. The second-order valence-electron chi connectivity index (χ2n) is 8.60. The fraction of sp³-hybridized carbons (Fsp3) is 0.231. The Bertz CT molecular complexity index is 1470. The molecule has 1 aliphatic heterocycles. The van der Waals surface area contributed by atoms with Gasteiger partial charge in [-0.05, 0) is 24.6 Å². The highest BCUT2D eigenvalue weighted by atomic mass is 32.1. The lowest BCUT2D eigenvalue weighted by Gasteiger charge is -2.35. The van der Waals surface area contributed by atoms with Gasteiger partial charge < -0.3 is 10.6 Å². The number of fused-ring (bicyclic) bond motifs is 2. The van der Waals surface area contributed by atoms with Crippen molar-refractivity contribution in [3.8, 4) is 11.1 Å². The minimum atomic E-state index is 0.545. The second kappa shape index (κ2) is 8.62. The molecule has 0 saturated carbocycles. The number of rotatable bonds is 4. The van der Waals surface area contributed by atoms with E-state index in [0.29, 0.717) is 12.4 Å². The van der Waals surface area contributed by atoms with Crippen LogP contribution in [-0.4, -0.2) is 51.0 Å². The lowest BCUT2D eigenvalue weighted by molar-refractivity contribution is 0.244. The first kappa shape index (κ1) is 20.9. The van der Waals surface area contributed by atoms with Crippen LogP contribution in [0.25, 0.3) is 32.2 Å². The number of benzene rings is 2. The number of nitrogens with two attached hydrogens (primary N) is 1. The third-order valence-corrected chi connectivity index (χ3v) is 7.20. The van der Waals surface area contributed by atoms with Crippen molar-refractivity contribution in [2.24, 2.45) is 0 Å². The molecular weight excluding hydrogens is 442 g/mol. The van der Waals surface area contributed by atoms with Crippen LogP contribution in [0.2, 0.25) is 0 Å². The first-order chi connectivity index (χ1) is 16.7. The molecule has 0 atom stereocenters. The molecule has 0 aliphatic carbocycles. The summed E-state index contributed by atoms with van der Waals surface area (Å²) >= 11 is 1.69. The van der Waals surface area contributed by atoms with Gasteiger partial charge in [-0.15, -0.1) is 11.3 Å². The van der Waals surface area contributed by atoms with E-state index in [1.165, 1.54) is 11.1 Å². The monoisotopic (exact) mass is 467 g/mol. The number of thiophene rings is 1. The van der Waals surface area contributed by atoms with Crippen LogP contribution in [0.15, 0.2) is 60.0 Å². The summed E-state index contributed by atoms with van der Waals surface area (Å²) in [5.41, 5.74) is 9.49. The summed E-state index contributed by atoms with van der Waals surface area (Å²) in [5.74, 6) is 3.16. The Hall–Kier alpha value is -3.62. The highest BCUT2D eigenvalue weighted by molar-refractivity contribution is 7.17. The zero-order chi connectivity index (χ0) is 23.1. The molecule has 8 heteroatoms. The molecule has 1 fully saturated rings. The van der Waals surface area contributed by atoms with Crippen molar-refractivity contribution in [3.05, 3.63) is 71.6 Å². The van der Waals surface area contributed by atoms with Gasteiger partial charge in [-0.2, -0.15) is 0 Å². The molecule has 5 aromatic rings. The molecule has 6 rings (SSSR count). The first-order valence-electron chi connectivity index (χ1n) is 11.5. The van der Waals surface area contributed by atoms with Gasteiger partial charge >= 0.3 is 0 Å². The minimum absolute atomic E-state index is 0.545. The van der Waals surface area contributed by atoms with Crippen molar-refractivity contribution in [3.63, 3.8) is 0 Å². The van der Waals surface area contributed by atoms with E-state index in [2.05, 4.69) is 44.4 Å². The van der Waals surface area contributed by atoms with Gasteiger partial charge in [0.1, 0.15) is 28.1 Å². The molecule has 7 nitrogen and oxygen atoms in total. The van der Waals surface area contributed by atoms with Gasteiger partial charge in [0, 0.05) is 42.5 Å². The highest BCUT2D eigenvalue weighted by Crippen LogP contribution is 2.38. The summed E-state index contributed by atoms with van der Waals surface area (Å²) in [6, 6.07) is 18.4. The largest absolute Gasteiger partial charge is 0.383 e. The number of para-hydroxylation sites is 1. The molecule has 4 heterocycles. The molecule has 3 aromatic heterocycles. The Morgan fingerprint density at radius 2 is 1.65 bits per heavy atom. The number of aryl methyl sites for hydroxylation is 1. The fourth-order valence-electron chi connectivity index (χ4n) is 4.63. The quantitative estimate of drug-likeness (QED) is 0.416. The van der Waals surface area contributed by atoms with Crippen LogP contribution < -0.4 is 10.6 Å². The van der Waals surface area contributed by atoms with Gasteiger partial charge in [0.15, 0.2) is 0 Å². The van der Waals surface area contributed by atoms with Gasteiger partial charge in [-0.25, -0.2) is 19.9 Å². The number of hydrogen-bond donors (Lipinski definition) is 1. The van der Waals surface area contributed by atoms with Crippen LogP contribution in [0, 0.1) is 6.92 Å². The molecule has 0 amide bonds. The van der Waals surface area contributed by atoms with Crippen molar-refractivity contribution < 1.29 is 0 Å². The highest BCUT2D eigenvalue weighted by Gasteiger charge is 2.24. The lowest BCUT2D eigenvalue weighted by Crippen LogP contribution is -2.46. The van der Waals surface area contributed by atoms with Crippen molar-refractivity contribution in [1.29, 1.82) is 0 Å². The molecule has 1 saturated heterocycles. The molecule has 0 unspecified atom stereocenters. The van der Waals surface area contributed by atoms with E-state index in [9.17, 15) is 0 Å². The average molecular weight is 468 g/mol. The minimum Gasteiger partial charge on any atom is -0.383 e. The number of hydrogen-bond acceptors (Lipinski definition) is 8. The summed E-state index contributed by atoms with van der Waals surface area (Å²) in [6.07, 6.45) is 0. The standard InChI is InChI=1S/C26H25N7S/c1-17-28-25(23-20(16-34-26(23)29-17)18-7-3-2-4-8-18)33-13-11-32(12-14-33)15-22-30-21-10-6-5-9-19(21)24(27)31-22/h2-10,16H,11-15H2,1H3,(H2,27,30,31). The van der Waals surface area contributed by atoms with E-state index in [1.54, 1.807) is 11.3 Å². The van der Waals surface area contributed by atoms with Crippen LogP contribution in [0.4, 0.5) is 11.6 Å². The number of anilines is 2. The predicted octanol–water partition coefficient (Wildman–Crippen LogP) is 4.51. The molecule has 0 spiro atoms. The maximum Gasteiger partial charge on any atom is 0.145 e. The lowest BCUT2D eigenvalue weighted by atomic mass is 10.1. The van der Waals surface area contributed by atoms with Gasteiger partial charge in [0.2, 0.25) is 0 Å². The molecule has 2 aromatic carbocycles. The van der Waals surface area contributed by atoms with E-state index < -0.39 is 0 Å². The normalized spacial score (nSPS) is 14.8. The Labute approximate surface area is 201 Å². The number of nitrogen functional groups attached to an aromatic ring is 1. The average Bonchev–Trinajstić information content (AvgIpc) is 3.28. The second-order valence-corrected chi connectivity index (χ2v) is 9.45. The molecule has 1 aliphatic rings. The van der Waals surface area contributed by atoms with E-state index in [1.807, 2.05) is 37.3 Å². The first-order valence-corrected chi connectivity index (χ1v) is 12.3. The zero-order valence-electron chi connectivity index (χ0n) is 19.0. The number of piperazine rings is 1. The Morgan fingerprint density at radius 1 is 0.882 bits per heavy atom. The van der Waals surface area contributed by atoms with Crippen LogP contribution in [0.1, 0.15) is 11.6 Å². The van der Waals surface area contributed by atoms with Crippen LogP contribution in [0.5, 0.6) is 0 Å². The van der Waals surface area contributed by atoms with E-state index in [0.717, 1.165) is 64.8 Å². The summed E-state index contributed by atoms with van der Waals surface area (Å²) in [7, 11) is 0. The van der Waals surface area contributed by atoms with E-state index in [-0.39, 0.29) is 0 Å². The molecular formula is C26H25N7S. The summed E-state index contributed by atoms with van der Waals surface area (Å²) in [6.45, 7) is 6.26. The van der Waals surface area contributed by atoms with Gasteiger partial charge in [0.25, 0.3) is 0 Å². The van der Waals surface area contributed by atoms with Gasteiger partial charge in [-0.3, -0.25) is 4.90 Å². The predicted molar refractivity (Wildman–Crippen MR) is 139 cm³/mol. The van der Waals surface area contributed by atoms with Crippen molar-refractivity contribution in [1.82, 2.24) is 24.8 Å². The SMILES string of the molecule is Cc1nc(N2CCN(Cc3nc(N)c4ccccc4n3)CC2)c2c(-c3ccccc3)csc2n1. The van der Waals surface area contributed by atoms with Crippen molar-refractivity contribution >= 4 is 44.1 Å². The maximum absolute atomic E-state index is 6.19. The fourth-order valence-corrected chi connectivity index (χ4v) is 5.61. The van der Waals surface area contributed by atoms with Gasteiger partial charge in [0.05, 0.1) is 17.4 Å². The Kier molecular flexibility index (Phi) is 5.31. The smallest absolute Gasteiger partial charge is 0.145 e. The van der Waals surface area contributed by atoms with Crippen molar-refractivity contribution in [2.45, 2.75) is 13.5 Å². The molecule has 34 heavy (non-hydrogen) atoms. The van der Waals surface area contributed by atoms with Crippen molar-refractivity contribution in [2.75, 3.05) is 36.8 Å². The number of nitrogens with zero attached hydrogens (tertiary/aromatic N) is 6. The topological polar surface area (TPSA) is 84.1 Å². The third kappa shape index (κ3) is 3.85. The molecule has 2 N–H and O–H groups in total. The van der Waals surface area contributed by atoms with Gasteiger partial charge in [-0.1, -0.05) is 42.5 Å². The molecule has 0 bridgehead atoms. The number of aromatic nitrogens is 4. The van der Waals surface area contributed by atoms with Crippen LogP contribution >= 0.6 is 11.3 Å². The van der Waals surface area contributed by atoms with E-state index >= 15 is 0 Å². The Morgan fingerprint density at radius 3 is 2.47 bits per heavy atom. The summed E-state index contributed by atoms with van der Waals surface area (Å²) in [5, 5.41) is 4.26. The molecule has 0 radical (unpaired) electrons. The van der Waals surface area contributed by atoms with E-state index in [4.69, 9.17) is 20.7 Å². The summed E-state index contributed by atoms with van der Waals surface area (Å²) in [4.78, 5) is 24.7.